The first-order valence-electron chi connectivity index (χ1n) is 8.04. The van der Waals surface area contributed by atoms with E-state index in [1.54, 1.807) is 0 Å². The van der Waals surface area contributed by atoms with Gasteiger partial charge in [-0.2, -0.15) is 0 Å². The average molecular weight is 287 g/mol. The molecule has 1 heterocycles. The molecule has 1 saturated heterocycles. The first kappa shape index (κ1) is 14.5. The highest BCUT2D eigenvalue weighted by molar-refractivity contribution is 5.77. The Balaban J connectivity index is 1.54. The van der Waals surface area contributed by atoms with E-state index in [1.807, 2.05) is 0 Å². The van der Waals surface area contributed by atoms with Crippen LogP contribution in [0.5, 0.6) is 0 Å². The van der Waals surface area contributed by atoms with E-state index in [-0.39, 0.29) is 11.9 Å². The van der Waals surface area contributed by atoms with Crippen molar-refractivity contribution in [3.8, 4) is 0 Å². The molecule has 1 amide bonds. The minimum atomic E-state index is 0.163. The Morgan fingerprint density at radius 2 is 2.05 bits per heavy atom. The summed E-state index contributed by atoms with van der Waals surface area (Å²) in [5, 5.41) is 3.06. The van der Waals surface area contributed by atoms with Gasteiger partial charge in [0.25, 0.3) is 0 Å². The van der Waals surface area contributed by atoms with Crippen molar-refractivity contribution in [2.24, 2.45) is 5.73 Å². The lowest BCUT2D eigenvalue weighted by Crippen LogP contribution is -2.43. The smallest absolute Gasteiger partial charge is 0.221 e. The lowest BCUT2D eigenvalue weighted by Gasteiger charge is -2.26. The molecule has 2 aliphatic rings. The molecule has 0 radical (unpaired) electrons. The molecule has 114 valence electrons. The number of nitrogens with two attached hydrogens (primary N) is 1. The summed E-state index contributed by atoms with van der Waals surface area (Å²) in [5.41, 5.74) is 7.31. The van der Waals surface area contributed by atoms with Gasteiger partial charge in [-0.05, 0) is 37.3 Å². The normalized spacial score (nSPS) is 24.0. The van der Waals surface area contributed by atoms with Crippen LogP contribution in [0.25, 0.3) is 0 Å². The van der Waals surface area contributed by atoms with Gasteiger partial charge in [0.05, 0.1) is 0 Å². The highest BCUT2D eigenvalue weighted by atomic mass is 16.1. The first-order chi connectivity index (χ1) is 10.3. The van der Waals surface area contributed by atoms with Crippen LogP contribution in [0.3, 0.4) is 0 Å². The van der Waals surface area contributed by atoms with E-state index in [4.69, 9.17) is 5.73 Å². The number of carbonyl (C=O) groups excluding carboxylic acids is 1. The Bertz CT molecular complexity index is 472. The van der Waals surface area contributed by atoms with Crippen LogP contribution >= 0.6 is 0 Å². The minimum Gasteiger partial charge on any atom is -0.353 e. The van der Waals surface area contributed by atoms with Crippen molar-refractivity contribution in [1.29, 1.82) is 0 Å². The van der Waals surface area contributed by atoms with Gasteiger partial charge >= 0.3 is 0 Å². The van der Waals surface area contributed by atoms with E-state index in [2.05, 4.69) is 40.5 Å². The second kappa shape index (κ2) is 6.58. The molecule has 0 bridgehead atoms. The lowest BCUT2D eigenvalue weighted by atomic mass is 9.99. The molecule has 4 heteroatoms. The molecule has 1 aromatic rings. The predicted molar refractivity (Wildman–Crippen MR) is 84.0 cm³/mol. The van der Waals surface area contributed by atoms with E-state index < -0.39 is 0 Å². The average Bonchev–Trinajstić information content (AvgIpc) is 3.18. The lowest BCUT2D eigenvalue weighted by molar-refractivity contribution is -0.122. The van der Waals surface area contributed by atoms with Crippen molar-refractivity contribution < 1.29 is 4.79 Å². The summed E-state index contributed by atoms with van der Waals surface area (Å²) in [7, 11) is 0. The summed E-state index contributed by atoms with van der Waals surface area (Å²) in [5.74, 6) is 0.739. The molecule has 4 nitrogen and oxygen atoms in total. The van der Waals surface area contributed by atoms with Crippen LogP contribution in [0.4, 0.5) is 0 Å². The van der Waals surface area contributed by atoms with E-state index in [0.717, 1.165) is 32.4 Å². The molecule has 3 N–H and O–H groups in total. The molecule has 1 aromatic carbocycles. The number of rotatable bonds is 6. The maximum atomic E-state index is 12.0. The fraction of sp³-hybridized carbons (Fsp3) is 0.588. The van der Waals surface area contributed by atoms with E-state index in [9.17, 15) is 4.79 Å². The topological polar surface area (TPSA) is 58.4 Å². The van der Waals surface area contributed by atoms with E-state index >= 15 is 0 Å². The van der Waals surface area contributed by atoms with Crippen molar-refractivity contribution in [1.82, 2.24) is 10.2 Å². The standard InChI is InChI=1S/C17H25N3O/c18-11-16(10-17(21)19-15-6-7-15)20-9-8-14(12-20)13-4-2-1-3-5-13/h1-5,14-16H,6-12,18H2,(H,19,21). The highest BCUT2D eigenvalue weighted by Gasteiger charge is 2.31. The number of hydrogen-bond acceptors (Lipinski definition) is 3. The van der Waals surface area contributed by atoms with Gasteiger partial charge in [-0.3, -0.25) is 9.69 Å². The molecule has 2 unspecified atom stereocenters. The molecule has 2 atom stereocenters. The van der Waals surface area contributed by atoms with E-state index in [0.29, 0.717) is 24.9 Å². The van der Waals surface area contributed by atoms with Crippen molar-refractivity contribution in [3.63, 3.8) is 0 Å². The molecule has 2 fully saturated rings. The summed E-state index contributed by atoms with van der Waals surface area (Å²) in [6.07, 6.45) is 3.97. The monoisotopic (exact) mass is 287 g/mol. The summed E-state index contributed by atoms with van der Waals surface area (Å²) >= 11 is 0. The van der Waals surface area contributed by atoms with Crippen LogP contribution in [0.1, 0.15) is 37.2 Å². The molecule has 1 aliphatic heterocycles. The van der Waals surface area contributed by atoms with Crippen molar-refractivity contribution in [2.75, 3.05) is 19.6 Å². The Hall–Kier alpha value is -1.39. The van der Waals surface area contributed by atoms with Gasteiger partial charge in [0, 0.05) is 31.6 Å². The largest absolute Gasteiger partial charge is 0.353 e. The van der Waals surface area contributed by atoms with E-state index in [1.165, 1.54) is 5.56 Å². The van der Waals surface area contributed by atoms with Crippen molar-refractivity contribution in [2.45, 2.75) is 43.7 Å². The van der Waals surface area contributed by atoms with Gasteiger partial charge in [-0.25, -0.2) is 0 Å². The number of nitrogens with one attached hydrogen (secondary N) is 1. The zero-order valence-electron chi connectivity index (χ0n) is 12.5. The molecule has 3 rings (SSSR count). The molecule has 0 aromatic heterocycles. The molecule has 1 aliphatic carbocycles. The molecule has 0 spiro atoms. The molecule has 21 heavy (non-hydrogen) atoms. The third-order valence-corrected chi connectivity index (χ3v) is 4.64. The van der Waals surface area contributed by atoms with Gasteiger partial charge in [0.2, 0.25) is 5.91 Å². The number of amides is 1. The third kappa shape index (κ3) is 3.83. The quantitative estimate of drug-likeness (QED) is 0.833. The first-order valence-corrected chi connectivity index (χ1v) is 8.04. The van der Waals surface area contributed by atoms with Gasteiger partial charge in [-0.1, -0.05) is 30.3 Å². The summed E-state index contributed by atoms with van der Waals surface area (Å²) < 4.78 is 0. The molecular formula is C17H25N3O. The van der Waals surface area contributed by atoms with Crippen LogP contribution in [-0.4, -0.2) is 42.5 Å². The van der Waals surface area contributed by atoms with Gasteiger partial charge < -0.3 is 11.1 Å². The maximum absolute atomic E-state index is 12.0. The Kier molecular flexibility index (Phi) is 4.56. The second-order valence-corrected chi connectivity index (χ2v) is 6.33. The Morgan fingerprint density at radius 3 is 2.71 bits per heavy atom. The number of hydrogen-bond donors (Lipinski definition) is 2. The Morgan fingerprint density at radius 1 is 1.29 bits per heavy atom. The summed E-state index contributed by atoms with van der Waals surface area (Å²) in [4.78, 5) is 14.4. The second-order valence-electron chi connectivity index (χ2n) is 6.33. The minimum absolute atomic E-state index is 0.163. The zero-order chi connectivity index (χ0) is 14.7. The van der Waals surface area contributed by atoms with Crippen LogP contribution in [-0.2, 0) is 4.79 Å². The highest BCUT2D eigenvalue weighted by Crippen LogP contribution is 2.28. The molecule has 1 saturated carbocycles. The zero-order valence-corrected chi connectivity index (χ0v) is 12.5. The van der Waals surface area contributed by atoms with Crippen LogP contribution in [0, 0.1) is 0 Å². The fourth-order valence-corrected chi connectivity index (χ4v) is 3.21. The summed E-state index contributed by atoms with van der Waals surface area (Å²) in [6, 6.07) is 11.3. The van der Waals surface area contributed by atoms with Gasteiger partial charge in [0.15, 0.2) is 0 Å². The Labute approximate surface area is 126 Å². The molecular weight excluding hydrogens is 262 g/mol. The maximum Gasteiger partial charge on any atom is 0.221 e. The van der Waals surface area contributed by atoms with Gasteiger partial charge in [-0.15, -0.1) is 0 Å². The third-order valence-electron chi connectivity index (χ3n) is 4.64. The van der Waals surface area contributed by atoms with Gasteiger partial charge in [0.1, 0.15) is 0 Å². The summed E-state index contributed by atoms with van der Waals surface area (Å²) in [6.45, 7) is 2.61. The van der Waals surface area contributed by atoms with Crippen LogP contribution < -0.4 is 11.1 Å². The SMILES string of the molecule is NCC(CC(=O)NC1CC1)N1CCC(c2ccccc2)C1. The van der Waals surface area contributed by atoms with Crippen LogP contribution in [0.2, 0.25) is 0 Å². The number of carbonyl (C=O) groups is 1. The number of benzene rings is 1. The van der Waals surface area contributed by atoms with Crippen LogP contribution in [0.15, 0.2) is 30.3 Å². The van der Waals surface area contributed by atoms with Crippen molar-refractivity contribution >= 4 is 5.91 Å². The van der Waals surface area contributed by atoms with Crippen molar-refractivity contribution in [3.05, 3.63) is 35.9 Å². The fourth-order valence-electron chi connectivity index (χ4n) is 3.21. The number of likely N-dealkylation sites (tertiary alicyclic amines) is 1. The number of nitrogens with zero attached hydrogens (tertiary/aromatic N) is 1. The predicted octanol–water partition coefficient (Wildman–Crippen LogP) is 1.47.